The molecule has 0 aliphatic carbocycles. The zero-order chi connectivity index (χ0) is 12.1. The summed E-state index contributed by atoms with van der Waals surface area (Å²) in [6.45, 7) is 4.31. The molecular formula is C11H15ClN2O2. The fraction of sp³-hybridized carbons (Fsp3) is 0.455. The van der Waals surface area contributed by atoms with E-state index >= 15 is 0 Å². The van der Waals surface area contributed by atoms with E-state index < -0.39 is 0 Å². The lowest BCUT2D eigenvalue weighted by Crippen LogP contribution is -2.07. The molecule has 0 radical (unpaired) electrons. The Morgan fingerprint density at radius 3 is 2.81 bits per heavy atom. The van der Waals surface area contributed by atoms with Gasteiger partial charge in [0, 0.05) is 5.57 Å². The summed E-state index contributed by atoms with van der Waals surface area (Å²) in [4.78, 5) is 11.3. The molecule has 4 nitrogen and oxygen atoms in total. The number of esters is 1. The minimum atomic E-state index is -0.293. The third-order valence-electron chi connectivity index (χ3n) is 2.38. The van der Waals surface area contributed by atoms with E-state index in [1.807, 2.05) is 19.9 Å². The van der Waals surface area contributed by atoms with Gasteiger partial charge in [0.1, 0.15) is 0 Å². The normalized spacial score (nSPS) is 11.6. The summed E-state index contributed by atoms with van der Waals surface area (Å²) >= 11 is 5.87. The van der Waals surface area contributed by atoms with Gasteiger partial charge < -0.3 is 4.74 Å². The summed E-state index contributed by atoms with van der Waals surface area (Å²) in [5, 5.41) is 4.72. The van der Waals surface area contributed by atoms with Gasteiger partial charge in [-0.3, -0.25) is 4.68 Å². The molecule has 1 rings (SSSR count). The monoisotopic (exact) mass is 242 g/mol. The summed E-state index contributed by atoms with van der Waals surface area (Å²) in [5.41, 5.74) is 1.53. The van der Waals surface area contributed by atoms with E-state index in [9.17, 15) is 4.79 Å². The molecule has 0 bridgehead atoms. The molecule has 0 fully saturated rings. The first-order chi connectivity index (χ1) is 7.60. The van der Waals surface area contributed by atoms with Crippen LogP contribution in [-0.2, 0) is 16.1 Å². The van der Waals surface area contributed by atoms with Crippen molar-refractivity contribution in [3.05, 3.63) is 28.6 Å². The maximum atomic E-state index is 11.3. The van der Waals surface area contributed by atoms with Gasteiger partial charge in [0.05, 0.1) is 30.6 Å². The van der Waals surface area contributed by atoms with E-state index in [0.717, 1.165) is 5.69 Å². The van der Waals surface area contributed by atoms with Crippen LogP contribution in [0.2, 0.25) is 5.02 Å². The number of rotatable bonds is 4. The van der Waals surface area contributed by atoms with Crippen molar-refractivity contribution in [1.82, 2.24) is 9.78 Å². The predicted octanol–water partition coefficient (Wildman–Crippen LogP) is 2.35. The molecule has 0 aromatic carbocycles. The van der Waals surface area contributed by atoms with E-state index in [-0.39, 0.29) is 5.97 Å². The van der Waals surface area contributed by atoms with E-state index in [4.69, 9.17) is 11.6 Å². The number of methoxy groups -OCH3 is 1. The second-order valence-corrected chi connectivity index (χ2v) is 3.74. The van der Waals surface area contributed by atoms with Crippen LogP contribution in [0.3, 0.4) is 0 Å². The van der Waals surface area contributed by atoms with Crippen molar-refractivity contribution < 1.29 is 9.53 Å². The Labute approximate surface area is 99.8 Å². The zero-order valence-electron chi connectivity index (χ0n) is 9.66. The Bertz CT molecular complexity index is 410. The third kappa shape index (κ3) is 2.85. The van der Waals surface area contributed by atoms with Crippen molar-refractivity contribution in [2.24, 2.45) is 0 Å². The third-order valence-corrected chi connectivity index (χ3v) is 2.75. The number of ether oxygens (including phenoxy) is 1. The second-order valence-electron chi connectivity index (χ2n) is 3.33. The van der Waals surface area contributed by atoms with Gasteiger partial charge in [0.25, 0.3) is 0 Å². The summed E-state index contributed by atoms with van der Waals surface area (Å²) in [6, 6.07) is 0. The van der Waals surface area contributed by atoms with Crippen LogP contribution in [-0.4, -0.2) is 22.9 Å². The minimum Gasteiger partial charge on any atom is -0.466 e. The summed E-state index contributed by atoms with van der Waals surface area (Å²) in [6.07, 6.45) is 4.04. The highest BCUT2D eigenvalue weighted by Gasteiger charge is 2.07. The summed E-state index contributed by atoms with van der Waals surface area (Å²) < 4.78 is 6.40. The molecule has 0 atom stereocenters. The smallest absolute Gasteiger partial charge is 0.333 e. The Morgan fingerprint density at radius 2 is 2.38 bits per heavy atom. The first-order valence-corrected chi connectivity index (χ1v) is 5.43. The van der Waals surface area contributed by atoms with Crippen LogP contribution in [0.25, 0.3) is 0 Å². The number of aromatic nitrogens is 2. The molecule has 0 aliphatic rings. The molecule has 0 saturated carbocycles. The van der Waals surface area contributed by atoms with Crippen molar-refractivity contribution in [2.45, 2.75) is 26.8 Å². The molecule has 0 saturated heterocycles. The van der Waals surface area contributed by atoms with Crippen LogP contribution in [0, 0.1) is 6.92 Å². The maximum Gasteiger partial charge on any atom is 0.333 e. The number of hydrogen-bond donors (Lipinski definition) is 0. The molecule has 0 aliphatic heterocycles. The van der Waals surface area contributed by atoms with Gasteiger partial charge in [-0.25, -0.2) is 4.79 Å². The zero-order valence-corrected chi connectivity index (χ0v) is 10.4. The highest BCUT2D eigenvalue weighted by Crippen LogP contribution is 2.13. The average Bonchev–Trinajstić information content (AvgIpc) is 2.61. The van der Waals surface area contributed by atoms with Crippen LogP contribution >= 0.6 is 11.6 Å². The number of nitrogens with zero attached hydrogens (tertiary/aromatic N) is 2. The Balaban J connectivity index is 2.78. The molecule has 1 aromatic heterocycles. The van der Waals surface area contributed by atoms with Gasteiger partial charge in [-0.15, -0.1) is 0 Å². The molecule has 16 heavy (non-hydrogen) atoms. The van der Waals surface area contributed by atoms with Crippen molar-refractivity contribution >= 4 is 17.6 Å². The molecule has 0 amide bonds. The summed E-state index contributed by atoms with van der Waals surface area (Å²) in [5.74, 6) is -0.293. The van der Waals surface area contributed by atoms with E-state index in [0.29, 0.717) is 23.6 Å². The average molecular weight is 243 g/mol. The first kappa shape index (κ1) is 12.8. The molecule has 88 valence electrons. The molecule has 1 heterocycles. The van der Waals surface area contributed by atoms with Crippen LogP contribution in [0.5, 0.6) is 0 Å². The van der Waals surface area contributed by atoms with Crippen LogP contribution in [0.15, 0.2) is 17.8 Å². The Kier molecular flexibility index (Phi) is 4.55. The topological polar surface area (TPSA) is 44.1 Å². The fourth-order valence-corrected chi connectivity index (χ4v) is 1.45. The standard InChI is InChI=1S/C11H15ClN2O2/c1-4-9(11(15)16-3)5-6-14-8(2)10(12)7-13-14/h5,7H,4,6H2,1-3H3. The fourth-order valence-electron chi connectivity index (χ4n) is 1.31. The van der Waals surface area contributed by atoms with E-state index in [1.54, 1.807) is 10.9 Å². The van der Waals surface area contributed by atoms with E-state index in [2.05, 4.69) is 9.84 Å². The lowest BCUT2D eigenvalue weighted by atomic mass is 10.2. The van der Waals surface area contributed by atoms with E-state index in [1.165, 1.54) is 7.11 Å². The van der Waals surface area contributed by atoms with Gasteiger partial charge in [-0.05, 0) is 13.3 Å². The molecular weight excluding hydrogens is 228 g/mol. The molecule has 0 spiro atoms. The van der Waals surface area contributed by atoms with Crippen LogP contribution < -0.4 is 0 Å². The highest BCUT2D eigenvalue weighted by atomic mass is 35.5. The lowest BCUT2D eigenvalue weighted by molar-refractivity contribution is -0.136. The molecule has 0 N–H and O–H groups in total. The van der Waals surface area contributed by atoms with Crippen molar-refractivity contribution in [3.8, 4) is 0 Å². The van der Waals surface area contributed by atoms with Gasteiger partial charge in [-0.2, -0.15) is 5.10 Å². The first-order valence-electron chi connectivity index (χ1n) is 5.05. The summed E-state index contributed by atoms with van der Waals surface area (Å²) in [7, 11) is 1.38. The highest BCUT2D eigenvalue weighted by molar-refractivity contribution is 6.31. The van der Waals surface area contributed by atoms with Gasteiger partial charge in [0.2, 0.25) is 0 Å². The largest absolute Gasteiger partial charge is 0.466 e. The SMILES string of the molecule is CCC(=CCn1ncc(Cl)c1C)C(=O)OC. The predicted molar refractivity (Wildman–Crippen MR) is 62.4 cm³/mol. The number of carbonyl (C=O) groups is 1. The van der Waals surface area contributed by atoms with Crippen molar-refractivity contribution in [3.63, 3.8) is 0 Å². The molecule has 0 unspecified atom stereocenters. The molecule has 1 aromatic rings. The number of carbonyl (C=O) groups excluding carboxylic acids is 1. The van der Waals surface area contributed by atoms with Crippen LogP contribution in [0.1, 0.15) is 19.0 Å². The van der Waals surface area contributed by atoms with Gasteiger partial charge in [0.15, 0.2) is 0 Å². The minimum absolute atomic E-state index is 0.293. The van der Waals surface area contributed by atoms with Crippen LogP contribution in [0.4, 0.5) is 0 Å². The quantitative estimate of drug-likeness (QED) is 0.601. The maximum absolute atomic E-state index is 11.3. The Morgan fingerprint density at radius 1 is 1.69 bits per heavy atom. The number of hydrogen-bond acceptors (Lipinski definition) is 3. The van der Waals surface area contributed by atoms with Crippen molar-refractivity contribution in [1.29, 1.82) is 0 Å². The van der Waals surface area contributed by atoms with Crippen molar-refractivity contribution in [2.75, 3.05) is 7.11 Å². The Hall–Kier alpha value is -1.29. The van der Waals surface area contributed by atoms with Gasteiger partial charge >= 0.3 is 5.97 Å². The second kappa shape index (κ2) is 5.70. The number of allylic oxidation sites excluding steroid dienone is 1. The van der Waals surface area contributed by atoms with Gasteiger partial charge in [-0.1, -0.05) is 24.6 Å². The molecule has 5 heteroatoms. The number of halogens is 1. The lowest BCUT2D eigenvalue weighted by Gasteiger charge is -2.04.